The summed E-state index contributed by atoms with van der Waals surface area (Å²) in [5, 5.41) is 0. The van der Waals surface area contributed by atoms with E-state index >= 15 is 0 Å². The molecule has 0 bridgehead atoms. The molecule has 0 aromatic carbocycles. The van der Waals surface area contributed by atoms with Gasteiger partial charge in [-0.25, -0.2) is 0 Å². The van der Waals surface area contributed by atoms with Crippen LogP contribution >= 0.6 is 11.6 Å². The molecule has 0 aromatic heterocycles. The number of halogens is 1. The van der Waals surface area contributed by atoms with Gasteiger partial charge < -0.3 is 9.47 Å². The van der Waals surface area contributed by atoms with E-state index in [4.69, 9.17) is 27.5 Å². The van der Waals surface area contributed by atoms with Gasteiger partial charge in [-0.2, -0.15) is 0 Å². The van der Waals surface area contributed by atoms with Crippen molar-refractivity contribution in [2.45, 2.75) is 45.3 Å². The summed E-state index contributed by atoms with van der Waals surface area (Å²) in [6.07, 6.45) is 11.9. The first kappa shape index (κ1) is 15.6. The molecule has 0 saturated heterocycles. The minimum Gasteiger partial charge on any atom is -0.437 e. The summed E-state index contributed by atoms with van der Waals surface area (Å²) < 4.78 is 10.4. The molecule has 2 nitrogen and oxygen atoms in total. The van der Waals surface area contributed by atoms with Crippen LogP contribution in [0.25, 0.3) is 0 Å². The second-order valence-corrected chi connectivity index (χ2v) is 3.49. The van der Waals surface area contributed by atoms with Crippen molar-refractivity contribution in [1.82, 2.24) is 0 Å². The van der Waals surface area contributed by atoms with Crippen molar-refractivity contribution in [1.29, 1.82) is 0 Å². The Morgan fingerprint density at radius 1 is 1.18 bits per heavy atom. The van der Waals surface area contributed by atoms with Crippen molar-refractivity contribution < 1.29 is 9.47 Å². The molecule has 0 aliphatic carbocycles. The van der Waals surface area contributed by atoms with E-state index in [0.29, 0.717) is 6.42 Å². The molecule has 17 heavy (non-hydrogen) atoms. The molecular weight excluding hydrogens is 236 g/mol. The average Bonchev–Trinajstić information content (AvgIpc) is 2.36. The first-order valence-corrected chi connectivity index (χ1v) is 6.12. The Hall–Kier alpha value is -1.43. The van der Waals surface area contributed by atoms with Crippen molar-refractivity contribution in [2.75, 3.05) is 5.88 Å². The van der Waals surface area contributed by atoms with Gasteiger partial charge in [-0.3, -0.25) is 0 Å². The van der Waals surface area contributed by atoms with E-state index in [-0.39, 0.29) is 5.88 Å². The Kier molecular flexibility index (Phi) is 10.1. The van der Waals surface area contributed by atoms with Crippen LogP contribution in [0.4, 0.5) is 0 Å². The normalized spacial score (nSPS) is 11.9. The van der Waals surface area contributed by atoms with Gasteiger partial charge in [-0.05, 0) is 6.42 Å². The zero-order valence-corrected chi connectivity index (χ0v) is 11.0. The highest BCUT2D eigenvalue weighted by molar-refractivity contribution is 6.18. The fourth-order valence-corrected chi connectivity index (χ4v) is 1.09. The highest BCUT2D eigenvalue weighted by Gasteiger charge is 2.20. The fourth-order valence-electron chi connectivity index (χ4n) is 0.862. The fraction of sp³-hybridized carbons (Fsp3) is 0.571. The lowest BCUT2D eigenvalue weighted by Gasteiger charge is -2.16. The molecule has 2 unspecified atom stereocenters. The molecule has 0 aliphatic heterocycles. The van der Waals surface area contributed by atoms with E-state index in [1.54, 1.807) is 0 Å². The molecule has 92 valence electrons. The molecule has 0 heterocycles. The molecule has 0 N–H and O–H groups in total. The maximum absolute atomic E-state index is 5.75. The number of ether oxygens (including phenoxy) is 2. The molecule has 0 saturated carbocycles. The summed E-state index contributed by atoms with van der Waals surface area (Å²) in [6, 6.07) is 0. The topological polar surface area (TPSA) is 18.5 Å². The van der Waals surface area contributed by atoms with Crippen LogP contribution in [0, 0.1) is 36.4 Å². The predicted molar refractivity (Wildman–Crippen MR) is 70.1 cm³/mol. The molecule has 0 aliphatic rings. The van der Waals surface area contributed by atoms with Gasteiger partial charge in [0.2, 0.25) is 6.10 Å². The Morgan fingerprint density at radius 3 is 2.41 bits per heavy atom. The van der Waals surface area contributed by atoms with E-state index in [1.165, 1.54) is 0 Å². The lowest BCUT2D eigenvalue weighted by molar-refractivity contribution is 0.0659. The van der Waals surface area contributed by atoms with Crippen molar-refractivity contribution >= 4 is 11.6 Å². The maximum Gasteiger partial charge on any atom is 0.209 e. The van der Waals surface area contributed by atoms with Crippen LogP contribution in [0.2, 0.25) is 0 Å². The largest absolute Gasteiger partial charge is 0.437 e. The molecule has 0 aromatic rings. The van der Waals surface area contributed by atoms with E-state index in [1.807, 2.05) is 13.8 Å². The van der Waals surface area contributed by atoms with Crippen LogP contribution < -0.4 is 0 Å². The zero-order valence-electron chi connectivity index (χ0n) is 10.3. The van der Waals surface area contributed by atoms with Gasteiger partial charge in [0.15, 0.2) is 6.10 Å². The molecule has 3 heteroatoms. The highest BCUT2D eigenvalue weighted by Crippen LogP contribution is 2.05. The molecule has 0 fully saturated rings. The second kappa shape index (κ2) is 11.1. The maximum atomic E-state index is 5.75. The van der Waals surface area contributed by atoms with Crippen molar-refractivity contribution in [2.24, 2.45) is 0 Å². The Balaban J connectivity index is 4.30. The number of unbranched alkanes of at least 4 members (excludes halogenated alkanes) is 1. The van der Waals surface area contributed by atoms with Crippen LogP contribution in [-0.4, -0.2) is 18.1 Å². The summed E-state index contributed by atoms with van der Waals surface area (Å²) in [4.78, 5) is 0. The first-order chi connectivity index (χ1) is 8.29. The molecule has 2 atom stereocenters. The van der Waals surface area contributed by atoms with E-state index in [9.17, 15) is 0 Å². The molecule has 0 rings (SSSR count). The van der Waals surface area contributed by atoms with Crippen LogP contribution in [0.15, 0.2) is 0 Å². The average molecular weight is 253 g/mol. The number of terminal acetylenes is 1. The quantitative estimate of drug-likeness (QED) is 0.553. The zero-order chi connectivity index (χ0) is 12.9. The van der Waals surface area contributed by atoms with Crippen LogP contribution in [0.1, 0.15) is 33.1 Å². The molecule has 0 radical (unpaired) electrons. The van der Waals surface area contributed by atoms with Crippen molar-refractivity contribution in [3.8, 4) is 36.4 Å². The van der Waals surface area contributed by atoms with E-state index in [0.717, 1.165) is 12.8 Å². The third-order valence-corrected chi connectivity index (χ3v) is 2.05. The predicted octanol–water partition coefficient (Wildman–Crippen LogP) is 2.76. The number of hydrogen-bond acceptors (Lipinski definition) is 2. The summed E-state index contributed by atoms with van der Waals surface area (Å²) in [7, 11) is 0. The smallest absolute Gasteiger partial charge is 0.209 e. The highest BCUT2D eigenvalue weighted by atomic mass is 35.5. The second-order valence-electron chi connectivity index (χ2n) is 3.18. The molecular formula is C14H17ClO2. The number of hydrogen-bond donors (Lipinski definition) is 0. The Labute approximate surface area is 109 Å². The Bertz CT molecular complexity index is 348. The SMILES string of the molecule is C#CC(OC#CCC)C(CCl)OC#CCCC. The van der Waals surface area contributed by atoms with Crippen LogP contribution in [0.5, 0.6) is 0 Å². The monoisotopic (exact) mass is 252 g/mol. The number of rotatable bonds is 5. The summed E-state index contributed by atoms with van der Waals surface area (Å²) in [5.74, 6) is 8.28. The van der Waals surface area contributed by atoms with Gasteiger partial charge in [-0.15, -0.1) is 18.0 Å². The first-order valence-electron chi connectivity index (χ1n) is 5.59. The summed E-state index contributed by atoms with van der Waals surface area (Å²) >= 11 is 5.75. The van der Waals surface area contributed by atoms with Gasteiger partial charge in [0.05, 0.1) is 5.88 Å². The summed E-state index contributed by atoms with van der Waals surface area (Å²) in [6.45, 7) is 3.97. The van der Waals surface area contributed by atoms with E-state index in [2.05, 4.69) is 30.0 Å². The summed E-state index contributed by atoms with van der Waals surface area (Å²) in [5.41, 5.74) is 0. The van der Waals surface area contributed by atoms with Crippen molar-refractivity contribution in [3.05, 3.63) is 0 Å². The van der Waals surface area contributed by atoms with Gasteiger partial charge in [0, 0.05) is 12.8 Å². The Morgan fingerprint density at radius 2 is 1.88 bits per heavy atom. The van der Waals surface area contributed by atoms with E-state index < -0.39 is 12.2 Å². The van der Waals surface area contributed by atoms with Gasteiger partial charge in [0.25, 0.3) is 0 Å². The van der Waals surface area contributed by atoms with Crippen LogP contribution in [-0.2, 0) is 9.47 Å². The third-order valence-electron chi connectivity index (χ3n) is 1.75. The lowest BCUT2D eigenvalue weighted by atomic mass is 10.2. The van der Waals surface area contributed by atoms with Crippen LogP contribution in [0.3, 0.4) is 0 Å². The minimum atomic E-state index is -0.595. The third kappa shape index (κ3) is 7.46. The van der Waals surface area contributed by atoms with Gasteiger partial charge >= 0.3 is 0 Å². The lowest BCUT2D eigenvalue weighted by Crippen LogP contribution is -2.29. The number of alkyl halides is 1. The minimum absolute atomic E-state index is 0.212. The van der Waals surface area contributed by atoms with Gasteiger partial charge in [0.1, 0.15) is 12.2 Å². The van der Waals surface area contributed by atoms with Gasteiger partial charge in [-0.1, -0.05) is 31.6 Å². The van der Waals surface area contributed by atoms with Crippen molar-refractivity contribution in [3.63, 3.8) is 0 Å². The standard InChI is InChI=1S/C14H17ClO2/c1-4-7-9-11-17-14(12-15)13(6-3)16-10-8-5-2/h3,13-14H,4-5,7,12H2,1-2H3. The molecule has 0 spiro atoms. The molecule has 0 amide bonds.